The number of hydrogen-bond acceptors (Lipinski definition) is 4. The second kappa shape index (κ2) is 6.06. The first-order valence-electron chi connectivity index (χ1n) is 6.18. The molecular formula is C15H13N3S2. The third kappa shape index (κ3) is 2.83. The molecule has 0 amide bonds. The van der Waals surface area contributed by atoms with Crippen LogP contribution in [0, 0.1) is 11.8 Å². The van der Waals surface area contributed by atoms with E-state index < -0.39 is 0 Å². The molecule has 0 aliphatic carbocycles. The van der Waals surface area contributed by atoms with Crippen molar-refractivity contribution in [2.24, 2.45) is 5.73 Å². The average Bonchev–Trinajstić information content (AvgIpc) is 3.18. The Balaban J connectivity index is 1.82. The maximum atomic E-state index is 5.39. The van der Waals surface area contributed by atoms with Crippen molar-refractivity contribution in [2.45, 2.75) is 6.54 Å². The zero-order valence-corrected chi connectivity index (χ0v) is 12.4. The molecule has 0 saturated carbocycles. The van der Waals surface area contributed by atoms with Crippen molar-refractivity contribution < 1.29 is 0 Å². The summed E-state index contributed by atoms with van der Waals surface area (Å²) < 4.78 is 2.16. The zero-order valence-electron chi connectivity index (χ0n) is 10.7. The number of hydrogen-bond donors (Lipinski definition) is 1. The fourth-order valence-corrected chi connectivity index (χ4v) is 3.47. The van der Waals surface area contributed by atoms with Crippen LogP contribution in [0.4, 0.5) is 0 Å². The van der Waals surface area contributed by atoms with Crippen molar-refractivity contribution in [3.8, 4) is 22.5 Å². The lowest BCUT2D eigenvalue weighted by Gasteiger charge is -2.04. The molecule has 3 aromatic rings. The molecule has 3 nitrogen and oxygen atoms in total. The van der Waals surface area contributed by atoms with Crippen LogP contribution in [0.2, 0.25) is 0 Å². The van der Waals surface area contributed by atoms with Crippen LogP contribution in [0.3, 0.4) is 0 Å². The summed E-state index contributed by atoms with van der Waals surface area (Å²) in [6.07, 6.45) is 3.86. The van der Waals surface area contributed by atoms with E-state index in [1.807, 2.05) is 18.5 Å². The molecule has 0 aromatic carbocycles. The molecule has 0 aliphatic heterocycles. The van der Waals surface area contributed by atoms with Crippen molar-refractivity contribution in [2.75, 3.05) is 6.54 Å². The molecule has 2 N–H and O–H groups in total. The largest absolute Gasteiger partial charge is 0.325 e. The molecule has 0 atom stereocenters. The smallest absolute Gasteiger partial charge is 0.150 e. The van der Waals surface area contributed by atoms with Crippen molar-refractivity contribution in [1.29, 1.82) is 0 Å². The molecule has 3 rings (SSSR count). The number of nitrogens with two attached hydrogens (primary N) is 1. The normalized spacial score (nSPS) is 10.2. The van der Waals surface area contributed by atoms with Gasteiger partial charge >= 0.3 is 0 Å². The molecule has 20 heavy (non-hydrogen) atoms. The molecule has 0 radical (unpaired) electrons. The SMILES string of the molecule is NCC#Cc1csc(Cn2ccnc2-c2cccs2)c1. The molecule has 100 valence electrons. The van der Waals surface area contributed by atoms with E-state index in [9.17, 15) is 0 Å². The Morgan fingerprint density at radius 3 is 3.10 bits per heavy atom. The number of imidazole rings is 1. The predicted molar refractivity (Wildman–Crippen MR) is 84.9 cm³/mol. The Labute approximate surface area is 125 Å². The third-order valence-corrected chi connectivity index (χ3v) is 4.56. The highest BCUT2D eigenvalue weighted by molar-refractivity contribution is 7.13. The van der Waals surface area contributed by atoms with Crippen molar-refractivity contribution >= 4 is 22.7 Å². The summed E-state index contributed by atoms with van der Waals surface area (Å²) in [4.78, 5) is 6.90. The Kier molecular flexibility index (Phi) is 3.97. The summed E-state index contributed by atoms with van der Waals surface area (Å²) in [5, 5.41) is 4.14. The zero-order chi connectivity index (χ0) is 13.8. The molecular weight excluding hydrogens is 286 g/mol. The van der Waals surface area contributed by atoms with Gasteiger partial charge in [-0.15, -0.1) is 22.7 Å². The Morgan fingerprint density at radius 2 is 2.30 bits per heavy atom. The van der Waals surface area contributed by atoms with Gasteiger partial charge in [-0.2, -0.15) is 0 Å². The average molecular weight is 299 g/mol. The van der Waals surface area contributed by atoms with Crippen molar-refractivity contribution in [1.82, 2.24) is 9.55 Å². The van der Waals surface area contributed by atoms with Crippen LogP contribution in [-0.2, 0) is 6.54 Å². The van der Waals surface area contributed by atoms with E-state index in [0.717, 1.165) is 17.9 Å². The highest BCUT2D eigenvalue weighted by Crippen LogP contribution is 2.24. The highest BCUT2D eigenvalue weighted by atomic mass is 32.1. The summed E-state index contributed by atoms with van der Waals surface area (Å²) in [6, 6.07) is 6.26. The summed E-state index contributed by atoms with van der Waals surface area (Å²) in [5.74, 6) is 6.95. The summed E-state index contributed by atoms with van der Waals surface area (Å²) in [7, 11) is 0. The topological polar surface area (TPSA) is 43.8 Å². The van der Waals surface area contributed by atoms with E-state index in [1.165, 1.54) is 9.75 Å². The van der Waals surface area contributed by atoms with Crippen LogP contribution in [0.25, 0.3) is 10.7 Å². The minimum Gasteiger partial charge on any atom is -0.325 e. The molecule has 0 unspecified atom stereocenters. The van der Waals surface area contributed by atoms with Gasteiger partial charge in [-0.25, -0.2) is 4.98 Å². The van der Waals surface area contributed by atoms with Gasteiger partial charge in [0.25, 0.3) is 0 Å². The fraction of sp³-hybridized carbons (Fsp3) is 0.133. The van der Waals surface area contributed by atoms with E-state index in [1.54, 1.807) is 22.7 Å². The maximum absolute atomic E-state index is 5.39. The Bertz CT molecular complexity index is 742. The lowest BCUT2D eigenvalue weighted by atomic mass is 10.3. The van der Waals surface area contributed by atoms with E-state index >= 15 is 0 Å². The van der Waals surface area contributed by atoms with Gasteiger partial charge in [-0.1, -0.05) is 17.9 Å². The van der Waals surface area contributed by atoms with Gasteiger partial charge in [-0.3, -0.25) is 0 Å². The Hall–Kier alpha value is -1.87. The van der Waals surface area contributed by atoms with E-state index in [4.69, 9.17) is 5.73 Å². The number of aromatic nitrogens is 2. The second-order valence-electron chi connectivity index (χ2n) is 4.16. The van der Waals surface area contributed by atoms with Crippen LogP contribution >= 0.6 is 22.7 Å². The number of rotatable bonds is 3. The fourth-order valence-electron chi connectivity index (χ4n) is 1.92. The summed E-state index contributed by atoms with van der Waals surface area (Å²) in [5.41, 5.74) is 6.42. The molecule has 0 fully saturated rings. The molecule has 3 heterocycles. The second-order valence-corrected chi connectivity index (χ2v) is 6.11. The minimum absolute atomic E-state index is 0.398. The lowest BCUT2D eigenvalue weighted by Crippen LogP contribution is -1.98. The molecule has 5 heteroatoms. The van der Waals surface area contributed by atoms with Gasteiger partial charge < -0.3 is 10.3 Å². The first-order valence-corrected chi connectivity index (χ1v) is 7.94. The standard InChI is InChI=1S/C15H13N3S2/c16-5-1-3-12-9-13(20-11-12)10-18-7-6-17-15(18)14-4-2-8-19-14/h2,4,6-9,11H,5,10,16H2. The van der Waals surface area contributed by atoms with E-state index in [0.29, 0.717) is 6.54 Å². The van der Waals surface area contributed by atoms with Crippen molar-refractivity contribution in [3.63, 3.8) is 0 Å². The van der Waals surface area contributed by atoms with Gasteiger partial charge in [0.05, 0.1) is 18.0 Å². The molecule has 0 spiro atoms. The van der Waals surface area contributed by atoms with Crippen LogP contribution in [-0.4, -0.2) is 16.1 Å². The quantitative estimate of drug-likeness (QED) is 0.756. The predicted octanol–water partition coefficient (Wildman–Crippen LogP) is 3.03. The van der Waals surface area contributed by atoms with Crippen molar-refractivity contribution in [3.05, 3.63) is 51.8 Å². The van der Waals surface area contributed by atoms with Gasteiger partial charge in [0.1, 0.15) is 5.82 Å². The number of nitrogens with zero attached hydrogens (tertiary/aromatic N) is 2. The highest BCUT2D eigenvalue weighted by Gasteiger charge is 2.08. The number of thiophene rings is 2. The first kappa shape index (κ1) is 13.1. The molecule has 3 aromatic heterocycles. The third-order valence-electron chi connectivity index (χ3n) is 2.77. The Morgan fingerprint density at radius 1 is 1.35 bits per heavy atom. The molecule has 0 bridgehead atoms. The minimum atomic E-state index is 0.398. The summed E-state index contributed by atoms with van der Waals surface area (Å²) in [6.45, 7) is 1.22. The monoisotopic (exact) mass is 299 g/mol. The van der Waals surface area contributed by atoms with Gasteiger partial charge in [0.2, 0.25) is 0 Å². The maximum Gasteiger partial charge on any atom is 0.150 e. The van der Waals surface area contributed by atoms with Gasteiger partial charge in [0, 0.05) is 28.2 Å². The van der Waals surface area contributed by atoms with E-state index in [2.05, 4.69) is 44.3 Å². The van der Waals surface area contributed by atoms with Crippen LogP contribution in [0.15, 0.2) is 41.4 Å². The van der Waals surface area contributed by atoms with Crippen LogP contribution in [0.1, 0.15) is 10.4 Å². The van der Waals surface area contributed by atoms with Gasteiger partial charge in [-0.05, 0) is 17.5 Å². The van der Waals surface area contributed by atoms with Crippen LogP contribution < -0.4 is 5.73 Å². The molecule has 0 saturated heterocycles. The lowest BCUT2D eigenvalue weighted by molar-refractivity contribution is 0.821. The molecule has 0 aliphatic rings. The van der Waals surface area contributed by atoms with Gasteiger partial charge in [0.15, 0.2) is 0 Å². The van der Waals surface area contributed by atoms with E-state index in [-0.39, 0.29) is 0 Å². The summed E-state index contributed by atoms with van der Waals surface area (Å²) >= 11 is 3.42. The van der Waals surface area contributed by atoms with Crippen LogP contribution in [0.5, 0.6) is 0 Å². The first-order chi connectivity index (χ1) is 9.86.